The molecular weight excluding hydrogens is 214 g/mol. The van der Waals surface area contributed by atoms with Crippen LogP contribution in [0.15, 0.2) is 24.3 Å². The van der Waals surface area contributed by atoms with E-state index in [1.807, 2.05) is 18.2 Å². The van der Waals surface area contributed by atoms with E-state index >= 15 is 0 Å². The molecule has 2 N–H and O–H groups in total. The van der Waals surface area contributed by atoms with Crippen molar-refractivity contribution in [2.24, 2.45) is 5.73 Å². The van der Waals surface area contributed by atoms with Gasteiger partial charge in [0.1, 0.15) is 0 Å². The first-order valence-electron chi connectivity index (χ1n) is 5.78. The number of methoxy groups -OCH3 is 1. The summed E-state index contributed by atoms with van der Waals surface area (Å²) >= 11 is 0. The fourth-order valence-corrected chi connectivity index (χ4v) is 1.73. The summed E-state index contributed by atoms with van der Waals surface area (Å²) in [5, 5.41) is 0. The molecule has 0 saturated carbocycles. The summed E-state index contributed by atoms with van der Waals surface area (Å²) in [4.78, 5) is 11.6. The lowest BCUT2D eigenvalue weighted by atomic mass is 9.84. The van der Waals surface area contributed by atoms with Crippen molar-refractivity contribution >= 4 is 5.97 Å². The molecule has 0 radical (unpaired) electrons. The second-order valence-corrected chi connectivity index (χ2v) is 5.19. The van der Waals surface area contributed by atoms with Crippen molar-refractivity contribution in [1.29, 1.82) is 0 Å². The normalized spacial score (nSPS) is 13.2. The van der Waals surface area contributed by atoms with Gasteiger partial charge in [-0.15, -0.1) is 0 Å². The molecule has 1 atom stereocenters. The third-order valence-corrected chi connectivity index (χ3v) is 2.88. The molecular formula is C14H21NO2. The molecule has 1 rings (SSSR count). The van der Waals surface area contributed by atoms with E-state index in [-0.39, 0.29) is 23.8 Å². The van der Waals surface area contributed by atoms with Crippen LogP contribution < -0.4 is 5.73 Å². The highest BCUT2D eigenvalue weighted by molar-refractivity contribution is 5.78. The molecule has 0 bridgehead atoms. The minimum absolute atomic E-state index is 0.0608. The van der Waals surface area contributed by atoms with Crippen molar-refractivity contribution < 1.29 is 9.53 Å². The highest BCUT2D eigenvalue weighted by atomic mass is 16.5. The van der Waals surface area contributed by atoms with Crippen LogP contribution in [0.4, 0.5) is 0 Å². The molecule has 0 saturated heterocycles. The highest BCUT2D eigenvalue weighted by Gasteiger charge is 2.21. The average Bonchev–Trinajstić information content (AvgIpc) is 2.29. The zero-order chi connectivity index (χ0) is 13.1. The third kappa shape index (κ3) is 3.30. The van der Waals surface area contributed by atoms with Gasteiger partial charge in [-0.1, -0.05) is 45.0 Å². The van der Waals surface area contributed by atoms with Crippen LogP contribution in [0, 0.1) is 0 Å². The van der Waals surface area contributed by atoms with Crippen molar-refractivity contribution in [1.82, 2.24) is 0 Å². The number of benzene rings is 1. The highest BCUT2D eigenvalue weighted by Crippen LogP contribution is 2.26. The monoisotopic (exact) mass is 235 g/mol. The lowest BCUT2D eigenvalue weighted by molar-refractivity contribution is -0.142. The summed E-state index contributed by atoms with van der Waals surface area (Å²) in [5.74, 6) is -0.652. The van der Waals surface area contributed by atoms with Gasteiger partial charge in [-0.3, -0.25) is 4.79 Å². The third-order valence-electron chi connectivity index (χ3n) is 2.88. The van der Waals surface area contributed by atoms with E-state index in [2.05, 4.69) is 26.8 Å². The van der Waals surface area contributed by atoms with Gasteiger partial charge in [0.25, 0.3) is 0 Å². The molecule has 0 fully saturated rings. The van der Waals surface area contributed by atoms with E-state index in [0.717, 1.165) is 5.56 Å². The van der Waals surface area contributed by atoms with Gasteiger partial charge in [-0.05, 0) is 16.5 Å². The summed E-state index contributed by atoms with van der Waals surface area (Å²) in [5.41, 5.74) is 7.82. The zero-order valence-electron chi connectivity index (χ0n) is 11.0. The zero-order valence-corrected chi connectivity index (χ0v) is 11.0. The summed E-state index contributed by atoms with van der Waals surface area (Å²) in [6.45, 7) is 6.69. The van der Waals surface area contributed by atoms with Gasteiger partial charge in [-0.2, -0.15) is 0 Å². The van der Waals surface area contributed by atoms with Gasteiger partial charge in [0.15, 0.2) is 0 Å². The largest absolute Gasteiger partial charge is 0.469 e. The Labute approximate surface area is 103 Å². The molecule has 17 heavy (non-hydrogen) atoms. The molecule has 0 amide bonds. The number of nitrogens with two attached hydrogens (primary N) is 1. The van der Waals surface area contributed by atoms with E-state index in [1.54, 1.807) is 0 Å². The standard InChI is InChI=1S/C14H21NO2/c1-14(2,3)11-7-5-6-10(8-11)12(9-15)13(16)17-4/h5-8,12H,9,15H2,1-4H3. The molecule has 0 aliphatic heterocycles. The fourth-order valence-electron chi connectivity index (χ4n) is 1.73. The Bertz CT molecular complexity index is 393. The second kappa shape index (κ2) is 5.32. The van der Waals surface area contributed by atoms with Crippen molar-refractivity contribution in [2.45, 2.75) is 32.1 Å². The second-order valence-electron chi connectivity index (χ2n) is 5.19. The number of esters is 1. The van der Waals surface area contributed by atoms with Crippen LogP contribution in [0.3, 0.4) is 0 Å². The quantitative estimate of drug-likeness (QED) is 0.817. The van der Waals surface area contributed by atoms with Gasteiger partial charge < -0.3 is 10.5 Å². The van der Waals surface area contributed by atoms with Crippen molar-refractivity contribution in [3.63, 3.8) is 0 Å². The summed E-state index contributed by atoms with van der Waals surface area (Å²) in [6, 6.07) is 7.98. The maximum atomic E-state index is 11.6. The number of hydrogen-bond donors (Lipinski definition) is 1. The van der Waals surface area contributed by atoms with Crippen LogP contribution in [0.25, 0.3) is 0 Å². The van der Waals surface area contributed by atoms with Gasteiger partial charge in [-0.25, -0.2) is 0 Å². The van der Waals surface area contributed by atoms with E-state index < -0.39 is 0 Å². The van der Waals surface area contributed by atoms with Gasteiger partial charge in [0, 0.05) is 6.54 Å². The topological polar surface area (TPSA) is 52.3 Å². The minimum atomic E-state index is -0.373. The predicted molar refractivity (Wildman–Crippen MR) is 69.0 cm³/mol. The summed E-state index contributed by atoms with van der Waals surface area (Å²) in [6.07, 6.45) is 0. The van der Waals surface area contributed by atoms with Crippen molar-refractivity contribution in [3.8, 4) is 0 Å². The average molecular weight is 235 g/mol. The Kier molecular flexibility index (Phi) is 4.29. The first-order valence-corrected chi connectivity index (χ1v) is 5.78. The van der Waals surface area contributed by atoms with Crippen LogP contribution in [0.5, 0.6) is 0 Å². The van der Waals surface area contributed by atoms with Crippen LogP contribution >= 0.6 is 0 Å². The summed E-state index contributed by atoms with van der Waals surface area (Å²) in [7, 11) is 1.39. The number of carbonyl (C=O) groups excluding carboxylic acids is 1. The maximum absolute atomic E-state index is 11.6. The number of carbonyl (C=O) groups is 1. The number of hydrogen-bond acceptors (Lipinski definition) is 3. The summed E-state index contributed by atoms with van der Waals surface area (Å²) < 4.78 is 4.76. The van der Waals surface area contributed by atoms with Gasteiger partial charge >= 0.3 is 5.97 Å². The smallest absolute Gasteiger partial charge is 0.314 e. The van der Waals surface area contributed by atoms with Crippen LogP contribution in [0.2, 0.25) is 0 Å². The van der Waals surface area contributed by atoms with Crippen LogP contribution in [0.1, 0.15) is 37.8 Å². The van der Waals surface area contributed by atoms with Crippen LogP contribution in [-0.2, 0) is 14.9 Å². The van der Waals surface area contributed by atoms with E-state index in [4.69, 9.17) is 10.5 Å². The van der Waals surface area contributed by atoms with Gasteiger partial charge in [0.05, 0.1) is 13.0 Å². The molecule has 1 aromatic rings. The first-order chi connectivity index (χ1) is 7.90. The fraction of sp³-hybridized carbons (Fsp3) is 0.500. The molecule has 3 heteroatoms. The Morgan fingerprint density at radius 1 is 1.41 bits per heavy atom. The molecule has 0 heterocycles. The number of ether oxygens (including phenoxy) is 1. The molecule has 94 valence electrons. The lowest BCUT2D eigenvalue weighted by Gasteiger charge is -2.21. The Morgan fingerprint density at radius 3 is 2.53 bits per heavy atom. The van der Waals surface area contributed by atoms with E-state index in [1.165, 1.54) is 12.7 Å². The Balaban J connectivity index is 3.10. The molecule has 3 nitrogen and oxygen atoms in total. The molecule has 0 aromatic heterocycles. The van der Waals surface area contributed by atoms with E-state index in [0.29, 0.717) is 0 Å². The lowest BCUT2D eigenvalue weighted by Crippen LogP contribution is -2.23. The molecule has 1 aromatic carbocycles. The van der Waals surface area contributed by atoms with Crippen molar-refractivity contribution in [3.05, 3.63) is 35.4 Å². The SMILES string of the molecule is COC(=O)C(CN)c1cccc(C(C)(C)C)c1. The first kappa shape index (κ1) is 13.7. The maximum Gasteiger partial charge on any atom is 0.314 e. The van der Waals surface area contributed by atoms with Gasteiger partial charge in [0.2, 0.25) is 0 Å². The molecule has 0 aliphatic carbocycles. The minimum Gasteiger partial charge on any atom is -0.469 e. The predicted octanol–water partition coefficient (Wildman–Crippen LogP) is 2.20. The van der Waals surface area contributed by atoms with Crippen LogP contribution in [-0.4, -0.2) is 19.6 Å². The molecule has 0 aliphatic rings. The van der Waals surface area contributed by atoms with E-state index in [9.17, 15) is 4.79 Å². The Morgan fingerprint density at radius 2 is 2.06 bits per heavy atom. The molecule has 1 unspecified atom stereocenters. The Hall–Kier alpha value is -1.35. The number of rotatable bonds is 3. The molecule has 0 spiro atoms. The van der Waals surface area contributed by atoms with Crippen molar-refractivity contribution in [2.75, 3.05) is 13.7 Å².